The third kappa shape index (κ3) is 4.72. The molecule has 144 valence electrons. The average molecular weight is 367 g/mol. The Balaban J connectivity index is 2.05. The van der Waals surface area contributed by atoms with Crippen LogP contribution < -0.4 is 9.47 Å². The first-order valence-corrected chi connectivity index (χ1v) is 9.91. The van der Waals surface area contributed by atoms with Crippen molar-refractivity contribution in [3.63, 3.8) is 0 Å². The zero-order valence-corrected chi connectivity index (χ0v) is 16.5. The van der Waals surface area contributed by atoms with Gasteiger partial charge in [-0.1, -0.05) is 24.6 Å². The third-order valence-corrected chi connectivity index (χ3v) is 5.38. The fourth-order valence-corrected chi connectivity index (χ4v) is 3.97. The van der Waals surface area contributed by atoms with Gasteiger partial charge in [-0.15, -0.1) is 0 Å². The van der Waals surface area contributed by atoms with Crippen molar-refractivity contribution in [3.8, 4) is 11.5 Å². The zero-order chi connectivity index (χ0) is 19.1. The van der Waals surface area contributed by atoms with E-state index in [-0.39, 0.29) is 6.61 Å². The first kappa shape index (κ1) is 19.5. The average Bonchev–Trinajstić information content (AvgIpc) is 2.90. The van der Waals surface area contributed by atoms with E-state index in [4.69, 9.17) is 14.6 Å². The summed E-state index contributed by atoms with van der Waals surface area (Å²) in [5.41, 5.74) is 6.87. The molecule has 1 N–H and O–H groups in total. The molecule has 1 aliphatic rings. The lowest BCUT2D eigenvalue weighted by molar-refractivity contribution is 0.283. The summed E-state index contributed by atoms with van der Waals surface area (Å²) in [7, 11) is 3.45. The van der Waals surface area contributed by atoms with Crippen LogP contribution in [0, 0.1) is 0 Å². The largest absolute Gasteiger partial charge is 0.497 e. The van der Waals surface area contributed by atoms with Gasteiger partial charge in [0, 0.05) is 6.61 Å². The maximum atomic E-state index is 9.11. The normalized spacial score (nSPS) is 13.9. The molecule has 0 bridgehead atoms. The number of allylic oxidation sites excluding steroid dienone is 2. The van der Waals surface area contributed by atoms with Crippen LogP contribution in [0.15, 0.2) is 42.5 Å². The molecular weight excluding hydrogens is 336 g/mol. The van der Waals surface area contributed by atoms with E-state index in [1.54, 1.807) is 14.2 Å². The molecule has 0 aromatic heterocycles. The first-order valence-electron chi connectivity index (χ1n) is 9.91. The molecule has 0 heterocycles. The topological polar surface area (TPSA) is 38.7 Å². The highest BCUT2D eigenvalue weighted by molar-refractivity contribution is 5.92. The first-order chi connectivity index (χ1) is 13.3. The Bertz CT molecular complexity index is 792. The summed E-state index contributed by atoms with van der Waals surface area (Å²) in [6.45, 7) is 0.273. The summed E-state index contributed by atoms with van der Waals surface area (Å²) in [4.78, 5) is 0. The van der Waals surface area contributed by atoms with Crippen LogP contribution in [0.1, 0.15) is 55.2 Å². The molecule has 0 fully saturated rings. The molecule has 1 aliphatic carbocycles. The van der Waals surface area contributed by atoms with Crippen molar-refractivity contribution in [2.45, 2.75) is 44.9 Å². The Morgan fingerprint density at radius 1 is 0.889 bits per heavy atom. The van der Waals surface area contributed by atoms with E-state index in [0.29, 0.717) is 0 Å². The lowest BCUT2D eigenvalue weighted by atomic mass is 9.89. The Hall–Kier alpha value is -2.26. The number of aryl methyl sites for hydroxylation is 1. The SMILES string of the molecule is COc1cccc(C2=C(CCCCCO)c3ccc(OC)cc3CCC2)c1. The number of hydrogen-bond donors (Lipinski definition) is 1. The Morgan fingerprint density at radius 2 is 1.70 bits per heavy atom. The lowest BCUT2D eigenvalue weighted by Gasteiger charge is -2.17. The fraction of sp³-hybridized carbons (Fsp3) is 0.417. The minimum Gasteiger partial charge on any atom is -0.497 e. The number of ether oxygens (including phenoxy) is 2. The molecule has 0 aliphatic heterocycles. The molecule has 3 heteroatoms. The van der Waals surface area contributed by atoms with Gasteiger partial charge in [0.15, 0.2) is 0 Å². The number of unbranched alkanes of at least 4 members (excludes halogenated alkanes) is 2. The van der Waals surface area contributed by atoms with Gasteiger partial charge in [-0.3, -0.25) is 0 Å². The van der Waals surface area contributed by atoms with E-state index in [2.05, 4.69) is 36.4 Å². The summed E-state index contributed by atoms with van der Waals surface area (Å²) >= 11 is 0. The second kappa shape index (κ2) is 9.61. The maximum Gasteiger partial charge on any atom is 0.119 e. The lowest BCUT2D eigenvalue weighted by Crippen LogP contribution is -1.96. The molecule has 0 amide bonds. The molecule has 0 radical (unpaired) electrons. The van der Waals surface area contributed by atoms with Crippen molar-refractivity contribution in [2.75, 3.05) is 20.8 Å². The van der Waals surface area contributed by atoms with Gasteiger partial charge >= 0.3 is 0 Å². The maximum absolute atomic E-state index is 9.11. The summed E-state index contributed by atoms with van der Waals surface area (Å²) in [5, 5.41) is 9.11. The summed E-state index contributed by atoms with van der Waals surface area (Å²) in [5.74, 6) is 1.83. The van der Waals surface area contributed by atoms with Crippen molar-refractivity contribution in [3.05, 3.63) is 59.2 Å². The second-order valence-corrected chi connectivity index (χ2v) is 7.10. The van der Waals surface area contributed by atoms with Crippen LogP contribution in [-0.2, 0) is 6.42 Å². The van der Waals surface area contributed by atoms with Gasteiger partial charge < -0.3 is 14.6 Å². The number of methoxy groups -OCH3 is 2. The summed E-state index contributed by atoms with van der Waals surface area (Å²) < 4.78 is 10.9. The predicted octanol–water partition coefficient (Wildman–Crippen LogP) is 5.50. The number of rotatable bonds is 8. The molecule has 0 saturated carbocycles. The van der Waals surface area contributed by atoms with Crippen LogP contribution in [-0.4, -0.2) is 25.9 Å². The quantitative estimate of drug-likeness (QED) is 0.627. The minimum absolute atomic E-state index is 0.273. The molecule has 0 unspecified atom stereocenters. The smallest absolute Gasteiger partial charge is 0.119 e. The van der Waals surface area contributed by atoms with Gasteiger partial charge in [-0.2, -0.15) is 0 Å². The van der Waals surface area contributed by atoms with E-state index in [0.717, 1.165) is 56.4 Å². The summed E-state index contributed by atoms with van der Waals surface area (Å²) in [6, 6.07) is 14.9. The molecule has 0 spiro atoms. The van der Waals surface area contributed by atoms with Gasteiger partial charge in [0.1, 0.15) is 11.5 Å². The number of benzene rings is 2. The Kier molecular flexibility index (Phi) is 6.94. The van der Waals surface area contributed by atoms with Gasteiger partial charge in [-0.25, -0.2) is 0 Å². The monoisotopic (exact) mass is 366 g/mol. The molecular formula is C24H30O3. The van der Waals surface area contributed by atoms with E-state index < -0.39 is 0 Å². The van der Waals surface area contributed by atoms with Crippen molar-refractivity contribution in [1.82, 2.24) is 0 Å². The van der Waals surface area contributed by atoms with Gasteiger partial charge in [-0.05, 0) is 90.6 Å². The Labute approximate surface area is 162 Å². The van der Waals surface area contributed by atoms with E-state index in [1.807, 2.05) is 6.07 Å². The van der Waals surface area contributed by atoms with Crippen LogP contribution >= 0.6 is 0 Å². The molecule has 3 rings (SSSR count). The Morgan fingerprint density at radius 3 is 2.48 bits per heavy atom. The standard InChI is InChI=1S/C24H30O3/c1-26-20-10-6-8-18(16-20)22-12-7-9-19-17-21(27-2)13-14-23(19)24(22)11-4-3-5-15-25/h6,8,10,13-14,16-17,25H,3-5,7,9,11-12,15H2,1-2H3. The molecule has 2 aromatic rings. The van der Waals surface area contributed by atoms with Crippen LogP contribution in [0.2, 0.25) is 0 Å². The van der Waals surface area contributed by atoms with Crippen LogP contribution in [0.25, 0.3) is 11.1 Å². The van der Waals surface area contributed by atoms with Gasteiger partial charge in [0.2, 0.25) is 0 Å². The van der Waals surface area contributed by atoms with Crippen LogP contribution in [0.3, 0.4) is 0 Å². The van der Waals surface area contributed by atoms with E-state index >= 15 is 0 Å². The fourth-order valence-electron chi connectivity index (χ4n) is 3.97. The number of aliphatic hydroxyl groups is 1. The van der Waals surface area contributed by atoms with Gasteiger partial charge in [0.05, 0.1) is 14.2 Å². The molecule has 27 heavy (non-hydrogen) atoms. The van der Waals surface area contributed by atoms with Crippen molar-refractivity contribution in [2.24, 2.45) is 0 Å². The van der Waals surface area contributed by atoms with Crippen molar-refractivity contribution >= 4 is 11.1 Å². The van der Waals surface area contributed by atoms with Gasteiger partial charge in [0.25, 0.3) is 0 Å². The van der Waals surface area contributed by atoms with Crippen molar-refractivity contribution in [1.29, 1.82) is 0 Å². The van der Waals surface area contributed by atoms with Crippen LogP contribution in [0.4, 0.5) is 0 Å². The van der Waals surface area contributed by atoms with Crippen molar-refractivity contribution < 1.29 is 14.6 Å². The highest BCUT2D eigenvalue weighted by atomic mass is 16.5. The number of hydrogen-bond acceptors (Lipinski definition) is 3. The number of aliphatic hydroxyl groups excluding tert-OH is 1. The molecule has 0 atom stereocenters. The highest BCUT2D eigenvalue weighted by Gasteiger charge is 2.19. The van der Waals surface area contributed by atoms with E-state index in [9.17, 15) is 0 Å². The number of fused-ring (bicyclic) bond motifs is 1. The van der Waals surface area contributed by atoms with Crippen LogP contribution in [0.5, 0.6) is 11.5 Å². The minimum atomic E-state index is 0.273. The zero-order valence-electron chi connectivity index (χ0n) is 16.5. The highest BCUT2D eigenvalue weighted by Crippen LogP contribution is 2.40. The third-order valence-electron chi connectivity index (χ3n) is 5.38. The molecule has 0 saturated heterocycles. The molecule has 3 nitrogen and oxygen atoms in total. The van der Waals surface area contributed by atoms with E-state index in [1.165, 1.54) is 27.8 Å². The second-order valence-electron chi connectivity index (χ2n) is 7.10. The predicted molar refractivity (Wildman–Crippen MR) is 111 cm³/mol. The molecule has 2 aromatic carbocycles. The summed E-state index contributed by atoms with van der Waals surface area (Å²) in [6.07, 6.45) is 7.32.